The first-order valence-corrected chi connectivity index (χ1v) is 6.09. The first-order chi connectivity index (χ1) is 9.21. The maximum Gasteiger partial charge on any atom is 0.165 e. The molecule has 0 radical (unpaired) electrons. The van der Waals surface area contributed by atoms with Gasteiger partial charge in [0, 0.05) is 18.8 Å². The molecule has 5 heteroatoms. The fraction of sp³-hybridized carbons (Fsp3) is 0.357. The molecule has 0 aliphatic rings. The van der Waals surface area contributed by atoms with Crippen LogP contribution in [-0.2, 0) is 7.05 Å². The largest absolute Gasteiger partial charge is 0.493 e. The number of aryl methyl sites for hydroxylation is 1. The molecule has 19 heavy (non-hydrogen) atoms. The van der Waals surface area contributed by atoms with Crippen molar-refractivity contribution in [2.75, 3.05) is 21.3 Å². The topological polar surface area (TPSA) is 48.3 Å². The average molecular weight is 261 g/mol. The molecule has 0 aliphatic carbocycles. The fourth-order valence-corrected chi connectivity index (χ4v) is 2.19. The number of nitrogens with one attached hydrogen (secondary N) is 1. The van der Waals surface area contributed by atoms with Crippen LogP contribution < -0.4 is 14.8 Å². The van der Waals surface area contributed by atoms with Crippen molar-refractivity contribution in [2.24, 2.45) is 7.05 Å². The molecule has 2 aromatic rings. The van der Waals surface area contributed by atoms with Crippen molar-refractivity contribution in [3.63, 3.8) is 0 Å². The van der Waals surface area contributed by atoms with E-state index < -0.39 is 0 Å². The Labute approximate surface area is 113 Å². The van der Waals surface area contributed by atoms with E-state index in [2.05, 4.69) is 10.4 Å². The molecule has 0 bridgehead atoms. The van der Waals surface area contributed by atoms with E-state index in [1.165, 1.54) is 0 Å². The second-order valence-electron chi connectivity index (χ2n) is 4.22. The summed E-state index contributed by atoms with van der Waals surface area (Å²) in [6, 6.07) is 7.79. The van der Waals surface area contributed by atoms with Crippen LogP contribution in [-0.4, -0.2) is 31.0 Å². The third kappa shape index (κ3) is 2.56. The molecule has 1 heterocycles. The van der Waals surface area contributed by atoms with Gasteiger partial charge in [0.1, 0.15) is 0 Å². The zero-order valence-corrected chi connectivity index (χ0v) is 11.7. The van der Waals surface area contributed by atoms with Gasteiger partial charge in [-0.05, 0) is 19.2 Å². The molecular weight excluding hydrogens is 242 g/mol. The molecule has 102 valence electrons. The van der Waals surface area contributed by atoms with Gasteiger partial charge in [-0.2, -0.15) is 5.10 Å². The highest BCUT2D eigenvalue weighted by Crippen LogP contribution is 2.36. The Morgan fingerprint density at radius 2 is 2.00 bits per heavy atom. The second-order valence-corrected chi connectivity index (χ2v) is 4.22. The number of para-hydroxylation sites is 1. The molecular formula is C14H19N3O2. The molecule has 1 unspecified atom stereocenters. The smallest absolute Gasteiger partial charge is 0.165 e. The van der Waals surface area contributed by atoms with E-state index >= 15 is 0 Å². The number of ether oxygens (including phenoxy) is 2. The number of aromatic nitrogens is 2. The summed E-state index contributed by atoms with van der Waals surface area (Å²) in [5, 5.41) is 7.71. The highest BCUT2D eigenvalue weighted by atomic mass is 16.5. The Morgan fingerprint density at radius 1 is 1.21 bits per heavy atom. The Morgan fingerprint density at radius 3 is 2.53 bits per heavy atom. The Hall–Kier alpha value is -2.01. The number of hydrogen-bond acceptors (Lipinski definition) is 4. The van der Waals surface area contributed by atoms with Crippen molar-refractivity contribution in [1.82, 2.24) is 15.1 Å². The van der Waals surface area contributed by atoms with Crippen molar-refractivity contribution in [2.45, 2.75) is 6.04 Å². The number of benzene rings is 1. The lowest BCUT2D eigenvalue weighted by Crippen LogP contribution is -2.19. The molecule has 0 amide bonds. The van der Waals surface area contributed by atoms with Gasteiger partial charge in [0.25, 0.3) is 0 Å². The molecule has 0 saturated heterocycles. The number of rotatable bonds is 5. The quantitative estimate of drug-likeness (QED) is 0.890. The fourth-order valence-electron chi connectivity index (χ4n) is 2.19. The lowest BCUT2D eigenvalue weighted by atomic mass is 10.0. The van der Waals surface area contributed by atoms with E-state index in [4.69, 9.17) is 9.47 Å². The lowest BCUT2D eigenvalue weighted by Gasteiger charge is -2.19. The molecule has 5 nitrogen and oxygen atoms in total. The Bertz CT molecular complexity index is 551. The maximum atomic E-state index is 5.48. The summed E-state index contributed by atoms with van der Waals surface area (Å²) in [6.45, 7) is 0. The van der Waals surface area contributed by atoms with Crippen molar-refractivity contribution < 1.29 is 9.47 Å². The van der Waals surface area contributed by atoms with Gasteiger partial charge < -0.3 is 14.8 Å². The second kappa shape index (κ2) is 5.75. The summed E-state index contributed by atoms with van der Waals surface area (Å²) < 4.78 is 12.6. The van der Waals surface area contributed by atoms with Gasteiger partial charge in [0.2, 0.25) is 0 Å². The minimum absolute atomic E-state index is 0.0359. The van der Waals surface area contributed by atoms with E-state index in [-0.39, 0.29) is 6.04 Å². The molecule has 0 spiro atoms. The first-order valence-electron chi connectivity index (χ1n) is 6.09. The van der Waals surface area contributed by atoms with Crippen LogP contribution in [0.3, 0.4) is 0 Å². The molecule has 0 saturated carbocycles. The van der Waals surface area contributed by atoms with Crippen LogP contribution in [0.25, 0.3) is 0 Å². The van der Waals surface area contributed by atoms with Gasteiger partial charge in [0.15, 0.2) is 11.5 Å². The molecule has 1 atom stereocenters. The van der Waals surface area contributed by atoms with E-state index in [1.807, 2.05) is 44.6 Å². The summed E-state index contributed by atoms with van der Waals surface area (Å²) in [4.78, 5) is 0. The van der Waals surface area contributed by atoms with Crippen LogP contribution in [0.1, 0.15) is 17.3 Å². The van der Waals surface area contributed by atoms with Crippen LogP contribution in [0, 0.1) is 0 Å². The molecule has 1 aromatic heterocycles. The van der Waals surface area contributed by atoms with Gasteiger partial charge in [-0.3, -0.25) is 4.68 Å². The highest BCUT2D eigenvalue weighted by Gasteiger charge is 2.21. The van der Waals surface area contributed by atoms with Crippen LogP contribution in [0.2, 0.25) is 0 Å². The van der Waals surface area contributed by atoms with E-state index in [0.29, 0.717) is 0 Å². The van der Waals surface area contributed by atoms with Crippen molar-refractivity contribution in [3.05, 3.63) is 41.7 Å². The summed E-state index contributed by atoms with van der Waals surface area (Å²) in [5.41, 5.74) is 1.94. The van der Waals surface area contributed by atoms with Gasteiger partial charge >= 0.3 is 0 Å². The maximum absolute atomic E-state index is 5.48. The van der Waals surface area contributed by atoms with Gasteiger partial charge in [-0.25, -0.2) is 0 Å². The van der Waals surface area contributed by atoms with Crippen LogP contribution in [0.15, 0.2) is 30.5 Å². The summed E-state index contributed by atoms with van der Waals surface area (Å²) >= 11 is 0. The summed E-state index contributed by atoms with van der Waals surface area (Å²) in [6.07, 6.45) is 1.92. The lowest BCUT2D eigenvalue weighted by molar-refractivity contribution is 0.349. The summed E-state index contributed by atoms with van der Waals surface area (Å²) in [7, 11) is 7.08. The highest BCUT2D eigenvalue weighted by molar-refractivity contribution is 5.49. The van der Waals surface area contributed by atoms with Crippen molar-refractivity contribution in [1.29, 1.82) is 0 Å². The van der Waals surface area contributed by atoms with E-state index in [0.717, 1.165) is 22.8 Å². The third-order valence-corrected chi connectivity index (χ3v) is 3.06. The van der Waals surface area contributed by atoms with Gasteiger partial charge in [0.05, 0.1) is 26.0 Å². The Balaban J connectivity index is 2.49. The third-order valence-electron chi connectivity index (χ3n) is 3.06. The normalized spacial score (nSPS) is 12.2. The predicted molar refractivity (Wildman–Crippen MR) is 73.7 cm³/mol. The van der Waals surface area contributed by atoms with Crippen molar-refractivity contribution in [3.8, 4) is 11.5 Å². The molecule has 0 aliphatic heterocycles. The van der Waals surface area contributed by atoms with Crippen molar-refractivity contribution >= 4 is 0 Å². The number of hydrogen-bond donors (Lipinski definition) is 1. The van der Waals surface area contributed by atoms with E-state index in [9.17, 15) is 0 Å². The Kier molecular flexibility index (Phi) is 4.06. The monoisotopic (exact) mass is 261 g/mol. The predicted octanol–water partition coefficient (Wildman–Crippen LogP) is 1.75. The zero-order chi connectivity index (χ0) is 13.8. The first kappa shape index (κ1) is 13.4. The molecule has 2 rings (SSSR count). The van der Waals surface area contributed by atoms with Crippen LogP contribution >= 0.6 is 0 Å². The minimum atomic E-state index is -0.0359. The van der Waals surface area contributed by atoms with E-state index in [1.54, 1.807) is 18.9 Å². The average Bonchev–Trinajstić information content (AvgIpc) is 2.85. The molecule has 1 N–H and O–H groups in total. The zero-order valence-electron chi connectivity index (χ0n) is 11.7. The molecule has 1 aromatic carbocycles. The molecule has 0 fully saturated rings. The number of methoxy groups -OCH3 is 2. The SMILES string of the molecule is CNC(c1ccn(C)n1)c1cccc(OC)c1OC. The minimum Gasteiger partial charge on any atom is -0.493 e. The number of nitrogens with zero attached hydrogens (tertiary/aromatic N) is 2. The van der Waals surface area contributed by atoms with Gasteiger partial charge in [-0.1, -0.05) is 12.1 Å². The van der Waals surface area contributed by atoms with Crippen LogP contribution in [0.4, 0.5) is 0 Å². The standard InChI is InChI=1S/C14H19N3O2/c1-15-13(11-8-9-17(2)16-11)10-6-5-7-12(18-3)14(10)19-4/h5-9,13,15H,1-4H3. The van der Waals surface area contributed by atoms with Gasteiger partial charge in [-0.15, -0.1) is 0 Å². The van der Waals surface area contributed by atoms with Crippen LogP contribution in [0.5, 0.6) is 11.5 Å². The summed E-state index contributed by atoms with van der Waals surface area (Å²) in [5.74, 6) is 1.45.